The van der Waals surface area contributed by atoms with Crippen LogP contribution in [-0.2, 0) is 0 Å². The van der Waals surface area contributed by atoms with Gasteiger partial charge in [0.15, 0.2) is 6.54 Å². The number of quaternary nitrogens is 1. The number of likely N-dealkylation sites (tertiary alicyclic amines) is 1. The summed E-state index contributed by atoms with van der Waals surface area (Å²) in [6, 6.07) is 10.7. The van der Waals surface area contributed by atoms with Crippen LogP contribution in [0, 0.1) is 17.2 Å². The third-order valence-electron chi connectivity index (χ3n) is 5.65. The van der Waals surface area contributed by atoms with Crippen LogP contribution in [0.5, 0.6) is 5.75 Å². The Morgan fingerprint density at radius 2 is 2.17 bits per heavy atom. The highest BCUT2D eigenvalue weighted by atomic mass is 16.5. The molecule has 2 fully saturated rings. The molecule has 2 N–H and O–H groups in total. The molecule has 0 bridgehead atoms. The molecule has 124 valence electrons. The van der Waals surface area contributed by atoms with Gasteiger partial charge in [0.1, 0.15) is 17.9 Å². The number of benzene rings is 1. The summed E-state index contributed by atoms with van der Waals surface area (Å²) >= 11 is 0. The molecule has 1 saturated heterocycles. The zero-order valence-electron chi connectivity index (χ0n) is 13.9. The van der Waals surface area contributed by atoms with Crippen molar-refractivity contribution in [2.24, 2.45) is 5.92 Å². The highest BCUT2D eigenvalue weighted by Crippen LogP contribution is 2.45. The number of aliphatic hydroxyl groups is 1. The molecule has 1 heterocycles. The minimum atomic E-state index is -0.568. The summed E-state index contributed by atoms with van der Waals surface area (Å²) in [6.07, 6.45) is 5.02. The Labute approximate surface area is 138 Å². The third kappa shape index (κ3) is 3.08. The van der Waals surface area contributed by atoms with Crippen LogP contribution in [0.25, 0.3) is 0 Å². The molecule has 0 aromatic heterocycles. The molecule has 4 heteroatoms. The van der Waals surface area contributed by atoms with Crippen molar-refractivity contribution < 1.29 is 14.7 Å². The molecule has 23 heavy (non-hydrogen) atoms. The summed E-state index contributed by atoms with van der Waals surface area (Å²) in [5, 5.41) is 20.4. The summed E-state index contributed by atoms with van der Waals surface area (Å²) in [6.45, 7) is 3.96. The lowest BCUT2D eigenvalue weighted by atomic mass is 9.66. The van der Waals surface area contributed by atoms with Crippen LogP contribution >= 0.6 is 0 Å². The predicted molar refractivity (Wildman–Crippen MR) is 88.2 cm³/mol. The topological polar surface area (TPSA) is 57.7 Å². The summed E-state index contributed by atoms with van der Waals surface area (Å²) in [4.78, 5) is 1.27. The van der Waals surface area contributed by atoms with Gasteiger partial charge < -0.3 is 14.7 Å². The van der Waals surface area contributed by atoms with Crippen LogP contribution in [0.15, 0.2) is 24.3 Å². The lowest BCUT2D eigenvalue weighted by Gasteiger charge is -2.49. The Bertz CT molecular complexity index is 583. The molecule has 0 amide bonds. The number of rotatable bonds is 4. The average molecular weight is 315 g/mol. The Morgan fingerprint density at radius 1 is 1.35 bits per heavy atom. The number of nitrogens with zero attached hydrogens (tertiary/aromatic N) is 1. The van der Waals surface area contributed by atoms with Crippen molar-refractivity contribution in [3.05, 3.63) is 29.8 Å². The van der Waals surface area contributed by atoms with Crippen molar-refractivity contribution >= 4 is 0 Å². The van der Waals surface area contributed by atoms with Crippen LogP contribution in [0.4, 0.5) is 0 Å². The molecule has 1 aliphatic carbocycles. The van der Waals surface area contributed by atoms with Gasteiger partial charge in [0.05, 0.1) is 24.3 Å². The normalized spacial score (nSPS) is 33.5. The van der Waals surface area contributed by atoms with Crippen LogP contribution < -0.4 is 9.64 Å². The van der Waals surface area contributed by atoms with Gasteiger partial charge in [0.25, 0.3) is 0 Å². The lowest BCUT2D eigenvalue weighted by molar-refractivity contribution is -0.938. The smallest absolute Gasteiger partial charge is 0.165 e. The quantitative estimate of drug-likeness (QED) is 0.834. The van der Waals surface area contributed by atoms with E-state index in [-0.39, 0.29) is 12.0 Å². The zero-order valence-corrected chi connectivity index (χ0v) is 13.9. The third-order valence-corrected chi connectivity index (χ3v) is 5.65. The van der Waals surface area contributed by atoms with Crippen LogP contribution in [0.1, 0.15) is 50.6 Å². The summed E-state index contributed by atoms with van der Waals surface area (Å²) in [7, 11) is 0. The number of fused-ring (bicyclic) bond motifs is 1. The Morgan fingerprint density at radius 3 is 2.96 bits per heavy atom. The molecule has 1 aromatic carbocycles. The standard InChI is InChI=1S/C19H26N2O2/c1-2-23-17-9-4-3-7-15(17)18-16-8-5-6-10-19(16,22)11-13-21(18)14-12-20/h3-4,7,9,16,18,22H,2,5-6,8,10-11,13-14H2,1H3/p+1/t16-,18-,19+/m1/s1. The minimum Gasteiger partial charge on any atom is -0.493 e. The first-order chi connectivity index (χ1) is 11.2. The number of hydrogen-bond acceptors (Lipinski definition) is 3. The summed E-state index contributed by atoms with van der Waals surface area (Å²) in [5.74, 6) is 1.13. The summed E-state index contributed by atoms with van der Waals surface area (Å²) in [5.41, 5.74) is 0.589. The average Bonchev–Trinajstić information content (AvgIpc) is 2.56. The molecule has 0 radical (unpaired) electrons. The van der Waals surface area contributed by atoms with Gasteiger partial charge in [-0.25, -0.2) is 0 Å². The second-order valence-corrected chi connectivity index (χ2v) is 6.90. The molecular formula is C19H27N2O2+. The lowest BCUT2D eigenvalue weighted by Crippen LogP contribution is -3.15. The van der Waals surface area contributed by atoms with Gasteiger partial charge in [-0.05, 0) is 31.9 Å². The highest BCUT2D eigenvalue weighted by molar-refractivity contribution is 5.36. The van der Waals surface area contributed by atoms with Crippen LogP contribution in [0.2, 0.25) is 0 Å². The molecular weight excluding hydrogens is 288 g/mol. The van der Waals surface area contributed by atoms with E-state index in [0.29, 0.717) is 13.2 Å². The van der Waals surface area contributed by atoms with Gasteiger partial charge in [0, 0.05) is 12.3 Å². The molecule has 4 atom stereocenters. The highest BCUT2D eigenvalue weighted by Gasteiger charge is 2.52. The van der Waals surface area contributed by atoms with Gasteiger partial charge in [0.2, 0.25) is 0 Å². The number of ether oxygens (including phenoxy) is 1. The van der Waals surface area contributed by atoms with Gasteiger partial charge in [-0.3, -0.25) is 0 Å². The van der Waals surface area contributed by atoms with E-state index in [4.69, 9.17) is 4.74 Å². The van der Waals surface area contributed by atoms with Gasteiger partial charge >= 0.3 is 0 Å². The molecule has 4 nitrogen and oxygen atoms in total. The Kier molecular flexibility index (Phi) is 4.89. The molecule has 0 spiro atoms. The predicted octanol–water partition coefficient (Wildman–Crippen LogP) is 1.86. The first-order valence-electron chi connectivity index (χ1n) is 8.85. The minimum absolute atomic E-state index is 0.149. The number of hydrogen-bond donors (Lipinski definition) is 2. The van der Waals surface area contributed by atoms with E-state index in [1.165, 1.54) is 11.3 Å². The van der Waals surface area contributed by atoms with Crippen molar-refractivity contribution in [1.82, 2.24) is 0 Å². The first kappa shape index (κ1) is 16.3. The number of para-hydroxylation sites is 1. The van der Waals surface area contributed by atoms with E-state index in [9.17, 15) is 10.4 Å². The fourth-order valence-electron chi connectivity index (χ4n) is 4.61. The number of piperidine rings is 1. The fraction of sp³-hybridized carbons (Fsp3) is 0.632. The maximum Gasteiger partial charge on any atom is 0.165 e. The van der Waals surface area contributed by atoms with Crippen molar-refractivity contribution in [3.8, 4) is 11.8 Å². The number of nitriles is 1. The van der Waals surface area contributed by atoms with Crippen LogP contribution in [-0.4, -0.2) is 30.4 Å². The van der Waals surface area contributed by atoms with Gasteiger partial charge in [-0.15, -0.1) is 0 Å². The maximum absolute atomic E-state index is 11.2. The fourth-order valence-corrected chi connectivity index (χ4v) is 4.61. The molecule has 2 aliphatic rings. The Balaban J connectivity index is 2.01. The molecule has 1 unspecified atom stereocenters. The van der Waals surface area contributed by atoms with E-state index >= 15 is 0 Å². The van der Waals surface area contributed by atoms with Crippen molar-refractivity contribution in [3.63, 3.8) is 0 Å². The first-order valence-corrected chi connectivity index (χ1v) is 8.85. The van der Waals surface area contributed by atoms with Crippen LogP contribution in [0.3, 0.4) is 0 Å². The molecule has 1 saturated carbocycles. The monoisotopic (exact) mass is 315 g/mol. The van der Waals surface area contributed by atoms with E-state index in [1.54, 1.807) is 0 Å². The van der Waals surface area contributed by atoms with Crippen molar-refractivity contribution in [2.45, 2.75) is 50.7 Å². The van der Waals surface area contributed by atoms with Crippen molar-refractivity contribution in [2.75, 3.05) is 19.7 Å². The zero-order chi connectivity index (χ0) is 16.3. The van der Waals surface area contributed by atoms with E-state index in [1.807, 2.05) is 25.1 Å². The van der Waals surface area contributed by atoms with E-state index in [0.717, 1.165) is 43.5 Å². The van der Waals surface area contributed by atoms with Gasteiger partial charge in [-0.1, -0.05) is 25.0 Å². The van der Waals surface area contributed by atoms with E-state index < -0.39 is 5.60 Å². The molecule has 1 aliphatic heterocycles. The number of nitrogens with one attached hydrogen (secondary N) is 1. The second-order valence-electron chi connectivity index (χ2n) is 6.90. The van der Waals surface area contributed by atoms with E-state index in [2.05, 4.69) is 12.1 Å². The maximum atomic E-state index is 11.2. The Hall–Kier alpha value is -1.57. The summed E-state index contributed by atoms with van der Waals surface area (Å²) < 4.78 is 5.85. The van der Waals surface area contributed by atoms with Crippen molar-refractivity contribution in [1.29, 1.82) is 5.26 Å². The SMILES string of the molecule is CCOc1ccccc1[C@@H]1[C@H]2CCCC[C@]2(O)CC[NH+]1CC#N. The molecule has 3 rings (SSSR count). The largest absolute Gasteiger partial charge is 0.493 e. The van der Waals surface area contributed by atoms with Gasteiger partial charge in [-0.2, -0.15) is 5.26 Å². The second kappa shape index (κ2) is 6.90. The molecule has 1 aromatic rings.